The van der Waals surface area contributed by atoms with Crippen LogP contribution in [0.15, 0.2) is 55.2 Å². The number of aromatic amines is 1. The van der Waals surface area contributed by atoms with Crippen LogP contribution in [0, 0.1) is 6.92 Å². The van der Waals surface area contributed by atoms with Gasteiger partial charge in [0.05, 0.1) is 17.3 Å². The topological polar surface area (TPSA) is 87.7 Å². The molecule has 7 nitrogen and oxygen atoms in total. The number of nitrogens with one attached hydrogen (secondary N) is 1. The Hall–Kier alpha value is -3.61. The number of rotatable bonds is 3. The predicted molar refractivity (Wildman–Crippen MR) is 109 cm³/mol. The van der Waals surface area contributed by atoms with Crippen molar-refractivity contribution >= 4 is 16.8 Å². The highest BCUT2D eigenvalue weighted by molar-refractivity contribution is 6.05. The number of benzene rings is 1. The molecule has 1 atom stereocenters. The fraction of sp³-hybridized carbons (Fsp3) is 0.227. The second kappa shape index (κ2) is 7.09. The number of hydrogen-bond acceptors (Lipinski definition) is 5. The summed E-state index contributed by atoms with van der Waals surface area (Å²) in [5, 5.41) is 8.16. The molecule has 1 saturated heterocycles. The molecule has 0 spiro atoms. The molecule has 1 amide bonds. The number of aryl methyl sites for hydroxylation is 1. The first-order chi connectivity index (χ1) is 14.2. The lowest BCUT2D eigenvalue weighted by Crippen LogP contribution is -2.31. The second-order valence-electron chi connectivity index (χ2n) is 7.38. The maximum absolute atomic E-state index is 13.3. The summed E-state index contributed by atoms with van der Waals surface area (Å²) in [6, 6.07) is 9.94. The fourth-order valence-electron chi connectivity index (χ4n) is 3.97. The van der Waals surface area contributed by atoms with Crippen LogP contribution >= 0.6 is 0 Å². The largest absolute Gasteiger partial charge is 0.329 e. The molecule has 144 valence electrons. The van der Waals surface area contributed by atoms with Gasteiger partial charge in [0, 0.05) is 41.6 Å². The van der Waals surface area contributed by atoms with Gasteiger partial charge in [-0.3, -0.25) is 14.9 Å². The van der Waals surface area contributed by atoms with Crippen molar-refractivity contribution in [1.82, 2.24) is 30.0 Å². The average molecular weight is 384 g/mol. The van der Waals surface area contributed by atoms with E-state index in [0.717, 1.165) is 46.1 Å². The number of hydrogen-bond donors (Lipinski definition) is 1. The van der Waals surface area contributed by atoms with Crippen LogP contribution in [0.25, 0.3) is 22.0 Å². The number of H-pyrrole nitrogens is 1. The standard InChI is InChI=1S/C22H20N6O/c1-14-4-6-18-17(9-14)21(27-26-18)22(29)28-8-2-3-20(28)19-7-5-15(12-25-19)16-10-23-13-24-11-16/h4-7,9-13,20H,2-3,8H2,1H3,(H,26,27)/t20-/m0/s1. The summed E-state index contributed by atoms with van der Waals surface area (Å²) in [5.41, 5.74) is 5.24. The summed E-state index contributed by atoms with van der Waals surface area (Å²) in [4.78, 5) is 28.0. The summed E-state index contributed by atoms with van der Waals surface area (Å²) in [7, 11) is 0. The minimum atomic E-state index is -0.0494. The van der Waals surface area contributed by atoms with Crippen molar-refractivity contribution in [3.63, 3.8) is 0 Å². The zero-order valence-electron chi connectivity index (χ0n) is 16.0. The van der Waals surface area contributed by atoms with Crippen molar-refractivity contribution < 1.29 is 4.79 Å². The van der Waals surface area contributed by atoms with E-state index in [1.165, 1.54) is 6.33 Å². The lowest BCUT2D eigenvalue weighted by Gasteiger charge is -2.23. The first-order valence-corrected chi connectivity index (χ1v) is 9.68. The molecule has 3 aromatic heterocycles. The van der Waals surface area contributed by atoms with Crippen LogP contribution in [0.2, 0.25) is 0 Å². The Kier molecular flexibility index (Phi) is 4.27. The van der Waals surface area contributed by atoms with Crippen molar-refractivity contribution in [1.29, 1.82) is 0 Å². The van der Waals surface area contributed by atoms with Crippen molar-refractivity contribution in [3.05, 3.63) is 72.2 Å². The van der Waals surface area contributed by atoms with E-state index >= 15 is 0 Å². The van der Waals surface area contributed by atoms with E-state index in [0.29, 0.717) is 12.2 Å². The van der Waals surface area contributed by atoms with E-state index in [1.54, 1.807) is 12.4 Å². The van der Waals surface area contributed by atoms with Crippen LogP contribution in [-0.4, -0.2) is 42.5 Å². The molecule has 7 heteroatoms. The van der Waals surface area contributed by atoms with Crippen LogP contribution in [0.5, 0.6) is 0 Å². The molecular formula is C22H20N6O. The molecule has 4 heterocycles. The van der Waals surface area contributed by atoms with E-state index in [4.69, 9.17) is 0 Å². The van der Waals surface area contributed by atoms with Crippen LogP contribution in [0.4, 0.5) is 0 Å². The lowest BCUT2D eigenvalue weighted by molar-refractivity contribution is 0.0729. The molecule has 5 rings (SSSR count). The van der Waals surface area contributed by atoms with E-state index in [2.05, 4.69) is 25.1 Å². The number of likely N-dealkylation sites (tertiary alicyclic amines) is 1. The van der Waals surface area contributed by atoms with Crippen molar-refractivity contribution in [2.45, 2.75) is 25.8 Å². The van der Waals surface area contributed by atoms with E-state index in [1.807, 2.05) is 48.4 Å². The number of carbonyl (C=O) groups excluding carboxylic acids is 1. The SMILES string of the molecule is Cc1ccc2[nH]nc(C(=O)N3CCC[C@H]3c3ccc(-c4cncnc4)cn3)c2c1. The first kappa shape index (κ1) is 17.5. The molecule has 0 unspecified atom stereocenters. The molecule has 1 aliphatic rings. The van der Waals surface area contributed by atoms with Gasteiger partial charge in [-0.15, -0.1) is 0 Å². The van der Waals surface area contributed by atoms with E-state index in [9.17, 15) is 4.79 Å². The highest BCUT2D eigenvalue weighted by Crippen LogP contribution is 2.33. The number of aromatic nitrogens is 5. The third kappa shape index (κ3) is 3.14. The van der Waals surface area contributed by atoms with E-state index in [-0.39, 0.29) is 11.9 Å². The summed E-state index contributed by atoms with van der Waals surface area (Å²) in [6.45, 7) is 2.72. The quantitative estimate of drug-likeness (QED) is 0.582. The summed E-state index contributed by atoms with van der Waals surface area (Å²) in [5.74, 6) is -0.0494. The van der Waals surface area contributed by atoms with Crippen LogP contribution in [0.3, 0.4) is 0 Å². The van der Waals surface area contributed by atoms with Crippen LogP contribution in [0.1, 0.15) is 40.6 Å². The van der Waals surface area contributed by atoms with Gasteiger partial charge in [0.15, 0.2) is 5.69 Å². The van der Waals surface area contributed by atoms with Crippen LogP contribution in [-0.2, 0) is 0 Å². The van der Waals surface area contributed by atoms with Crippen molar-refractivity contribution in [3.8, 4) is 11.1 Å². The molecule has 4 aromatic rings. The Labute approximate surface area is 167 Å². The number of fused-ring (bicyclic) bond motifs is 1. The molecule has 0 aliphatic carbocycles. The van der Waals surface area contributed by atoms with Crippen molar-refractivity contribution in [2.24, 2.45) is 0 Å². The highest BCUT2D eigenvalue weighted by Gasteiger charge is 2.33. The van der Waals surface area contributed by atoms with Gasteiger partial charge in [0.2, 0.25) is 0 Å². The normalized spacial score (nSPS) is 16.4. The molecule has 29 heavy (non-hydrogen) atoms. The average Bonchev–Trinajstić information content (AvgIpc) is 3.41. The monoisotopic (exact) mass is 384 g/mol. The minimum Gasteiger partial charge on any atom is -0.329 e. The Morgan fingerprint density at radius 1 is 1.10 bits per heavy atom. The third-order valence-electron chi connectivity index (χ3n) is 5.46. The minimum absolute atomic E-state index is 0.0415. The predicted octanol–water partition coefficient (Wildman–Crippen LogP) is 3.70. The van der Waals surface area contributed by atoms with Gasteiger partial charge >= 0.3 is 0 Å². The Morgan fingerprint density at radius 3 is 2.76 bits per heavy atom. The zero-order valence-corrected chi connectivity index (χ0v) is 16.0. The highest BCUT2D eigenvalue weighted by atomic mass is 16.2. The molecule has 1 aromatic carbocycles. The summed E-state index contributed by atoms with van der Waals surface area (Å²) < 4.78 is 0. The zero-order chi connectivity index (χ0) is 19.8. The molecule has 1 aliphatic heterocycles. The van der Waals surface area contributed by atoms with Gasteiger partial charge in [-0.1, -0.05) is 17.7 Å². The third-order valence-corrected chi connectivity index (χ3v) is 5.46. The first-order valence-electron chi connectivity index (χ1n) is 9.68. The van der Waals surface area contributed by atoms with Gasteiger partial charge in [0.1, 0.15) is 6.33 Å². The molecule has 0 saturated carbocycles. The Bertz CT molecular complexity index is 1170. The van der Waals surface area contributed by atoms with Crippen molar-refractivity contribution in [2.75, 3.05) is 6.54 Å². The summed E-state index contributed by atoms with van der Waals surface area (Å²) in [6.07, 6.45) is 8.71. The van der Waals surface area contributed by atoms with Crippen LogP contribution < -0.4 is 0 Å². The molecule has 1 N–H and O–H groups in total. The maximum Gasteiger partial charge on any atom is 0.275 e. The number of nitrogens with zero attached hydrogens (tertiary/aromatic N) is 5. The molecule has 1 fully saturated rings. The second-order valence-corrected chi connectivity index (χ2v) is 7.38. The maximum atomic E-state index is 13.3. The Morgan fingerprint density at radius 2 is 1.97 bits per heavy atom. The number of carbonyl (C=O) groups is 1. The lowest BCUT2D eigenvalue weighted by atomic mass is 10.1. The van der Waals surface area contributed by atoms with Gasteiger partial charge in [-0.05, 0) is 38.0 Å². The fourth-order valence-corrected chi connectivity index (χ4v) is 3.97. The number of pyridine rings is 1. The summed E-state index contributed by atoms with van der Waals surface area (Å²) >= 11 is 0. The van der Waals surface area contributed by atoms with Gasteiger partial charge in [-0.2, -0.15) is 5.10 Å². The molecule has 0 radical (unpaired) electrons. The van der Waals surface area contributed by atoms with Gasteiger partial charge < -0.3 is 4.90 Å². The molecular weight excluding hydrogens is 364 g/mol. The van der Waals surface area contributed by atoms with Gasteiger partial charge in [-0.25, -0.2) is 9.97 Å². The Balaban J connectivity index is 1.44. The van der Waals surface area contributed by atoms with E-state index < -0.39 is 0 Å². The van der Waals surface area contributed by atoms with Gasteiger partial charge in [0.25, 0.3) is 5.91 Å². The smallest absolute Gasteiger partial charge is 0.275 e. The number of amides is 1. The molecule has 0 bridgehead atoms.